The SMILES string of the molecule is CNCOc1cc(C)c(OC(=O)CSC)cc1C. The molecule has 0 radical (unpaired) electrons. The third-order valence-electron chi connectivity index (χ3n) is 2.33. The van der Waals surface area contributed by atoms with Gasteiger partial charge in [0.05, 0.1) is 5.75 Å². The van der Waals surface area contributed by atoms with E-state index in [-0.39, 0.29) is 5.97 Å². The number of nitrogens with one attached hydrogen (secondary N) is 1. The van der Waals surface area contributed by atoms with Gasteiger partial charge in [-0.05, 0) is 50.4 Å². The number of hydrogen-bond donors (Lipinski definition) is 1. The fourth-order valence-corrected chi connectivity index (χ4v) is 1.74. The molecule has 0 aliphatic rings. The van der Waals surface area contributed by atoms with Gasteiger partial charge in [0.2, 0.25) is 0 Å². The Bertz CT molecular complexity index is 421. The van der Waals surface area contributed by atoms with E-state index in [1.54, 1.807) is 0 Å². The van der Waals surface area contributed by atoms with Crippen LogP contribution in [0.15, 0.2) is 12.1 Å². The van der Waals surface area contributed by atoms with Gasteiger partial charge in [0, 0.05) is 0 Å². The van der Waals surface area contributed by atoms with Crippen molar-refractivity contribution < 1.29 is 14.3 Å². The Morgan fingerprint density at radius 3 is 2.50 bits per heavy atom. The van der Waals surface area contributed by atoms with Gasteiger partial charge in [-0.25, -0.2) is 0 Å². The van der Waals surface area contributed by atoms with E-state index < -0.39 is 0 Å². The van der Waals surface area contributed by atoms with Crippen LogP contribution in [0.5, 0.6) is 11.5 Å². The van der Waals surface area contributed by atoms with E-state index in [0.717, 1.165) is 16.9 Å². The van der Waals surface area contributed by atoms with Crippen LogP contribution >= 0.6 is 11.8 Å². The Labute approximate surface area is 112 Å². The van der Waals surface area contributed by atoms with E-state index in [0.29, 0.717) is 18.2 Å². The highest BCUT2D eigenvalue weighted by molar-refractivity contribution is 7.99. The summed E-state index contributed by atoms with van der Waals surface area (Å²) >= 11 is 1.45. The van der Waals surface area contributed by atoms with Crippen molar-refractivity contribution in [2.75, 3.05) is 25.8 Å². The van der Waals surface area contributed by atoms with E-state index in [1.807, 2.05) is 39.3 Å². The van der Waals surface area contributed by atoms with Crippen LogP contribution in [0.2, 0.25) is 0 Å². The van der Waals surface area contributed by atoms with E-state index in [4.69, 9.17) is 9.47 Å². The monoisotopic (exact) mass is 269 g/mol. The minimum absolute atomic E-state index is 0.228. The highest BCUT2D eigenvalue weighted by Gasteiger charge is 2.10. The lowest BCUT2D eigenvalue weighted by molar-refractivity contribution is -0.131. The van der Waals surface area contributed by atoms with Crippen molar-refractivity contribution >= 4 is 17.7 Å². The van der Waals surface area contributed by atoms with Gasteiger partial charge in [0.25, 0.3) is 0 Å². The molecule has 1 aromatic carbocycles. The average molecular weight is 269 g/mol. The third-order valence-corrected chi connectivity index (χ3v) is 2.85. The molecule has 1 rings (SSSR count). The highest BCUT2D eigenvalue weighted by Crippen LogP contribution is 2.28. The number of carbonyl (C=O) groups excluding carboxylic acids is 1. The first-order valence-electron chi connectivity index (χ1n) is 5.66. The normalized spacial score (nSPS) is 10.2. The summed E-state index contributed by atoms with van der Waals surface area (Å²) in [5, 5.41) is 2.92. The molecule has 0 unspecified atom stereocenters. The number of ether oxygens (including phenoxy) is 2. The molecule has 18 heavy (non-hydrogen) atoms. The maximum atomic E-state index is 11.4. The number of carbonyl (C=O) groups is 1. The summed E-state index contributed by atoms with van der Waals surface area (Å²) in [4.78, 5) is 11.4. The standard InChI is InChI=1S/C13H19NO3S/c1-9-6-12(17-13(15)7-18-4)10(2)5-11(9)16-8-14-3/h5-6,14H,7-8H2,1-4H3. The van der Waals surface area contributed by atoms with Crippen molar-refractivity contribution in [2.24, 2.45) is 0 Å². The quantitative estimate of drug-likeness (QED) is 0.487. The third kappa shape index (κ3) is 4.23. The molecule has 4 nitrogen and oxygen atoms in total. The van der Waals surface area contributed by atoms with Crippen molar-refractivity contribution in [1.29, 1.82) is 0 Å². The summed E-state index contributed by atoms with van der Waals surface area (Å²) in [5.74, 6) is 1.53. The first kappa shape index (κ1) is 14.9. The lowest BCUT2D eigenvalue weighted by Crippen LogP contribution is -2.15. The fraction of sp³-hybridized carbons (Fsp3) is 0.462. The minimum Gasteiger partial charge on any atom is -0.478 e. The summed E-state index contributed by atoms with van der Waals surface area (Å²) in [5.41, 5.74) is 1.84. The zero-order valence-corrected chi connectivity index (χ0v) is 12.0. The van der Waals surface area contributed by atoms with Crippen LogP contribution in [0, 0.1) is 13.8 Å². The molecule has 1 N–H and O–H groups in total. The van der Waals surface area contributed by atoms with Crippen molar-refractivity contribution in [3.8, 4) is 11.5 Å². The summed E-state index contributed by atoms with van der Waals surface area (Å²) in [6.07, 6.45) is 1.87. The van der Waals surface area contributed by atoms with Crippen LogP contribution in [0.25, 0.3) is 0 Å². The summed E-state index contributed by atoms with van der Waals surface area (Å²) in [6.45, 7) is 4.27. The molecule has 0 spiro atoms. The molecule has 0 aromatic heterocycles. The Morgan fingerprint density at radius 2 is 1.89 bits per heavy atom. The summed E-state index contributed by atoms with van der Waals surface area (Å²) in [6, 6.07) is 3.72. The second kappa shape index (κ2) is 7.28. The fourth-order valence-electron chi connectivity index (χ4n) is 1.45. The second-order valence-electron chi connectivity index (χ2n) is 3.93. The lowest BCUT2D eigenvalue weighted by atomic mass is 10.1. The molecule has 0 amide bonds. The van der Waals surface area contributed by atoms with Crippen LogP contribution < -0.4 is 14.8 Å². The zero-order chi connectivity index (χ0) is 13.5. The smallest absolute Gasteiger partial charge is 0.321 e. The van der Waals surface area contributed by atoms with Gasteiger partial charge in [-0.1, -0.05) is 0 Å². The van der Waals surface area contributed by atoms with Gasteiger partial charge in [0.1, 0.15) is 18.2 Å². The molecule has 0 saturated carbocycles. The Kier molecular flexibility index (Phi) is 6.01. The van der Waals surface area contributed by atoms with Crippen LogP contribution in [0.1, 0.15) is 11.1 Å². The molecular formula is C13H19NO3S. The van der Waals surface area contributed by atoms with Gasteiger partial charge < -0.3 is 9.47 Å². The Hall–Kier alpha value is -1.20. The molecule has 0 bridgehead atoms. The van der Waals surface area contributed by atoms with E-state index in [1.165, 1.54) is 11.8 Å². The largest absolute Gasteiger partial charge is 0.478 e. The predicted molar refractivity (Wildman–Crippen MR) is 74.5 cm³/mol. The molecule has 5 heteroatoms. The number of thioether (sulfide) groups is 1. The van der Waals surface area contributed by atoms with Gasteiger partial charge >= 0.3 is 5.97 Å². The first-order valence-corrected chi connectivity index (χ1v) is 7.06. The van der Waals surface area contributed by atoms with E-state index in [9.17, 15) is 4.79 Å². The van der Waals surface area contributed by atoms with E-state index in [2.05, 4.69) is 5.32 Å². The van der Waals surface area contributed by atoms with Crippen LogP contribution in [-0.4, -0.2) is 31.8 Å². The summed E-state index contributed by atoms with van der Waals surface area (Å²) < 4.78 is 10.8. The molecule has 0 atom stereocenters. The molecule has 1 aromatic rings. The Morgan fingerprint density at radius 1 is 1.28 bits per heavy atom. The van der Waals surface area contributed by atoms with Crippen LogP contribution in [0.3, 0.4) is 0 Å². The maximum Gasteiger partial charge on any atom is 0.321 e. The topological polar surface area (TPSA) is 47.6 Å². The molecule has 0 fully saturated rings. The molecule has 100 valence electrons. The van der Waals surface area contributed by atoms with Crippen molar-refractivity contribution in [3.63, 3.8) is 0 Å². The maximum absolute atomic E-state index is 11.4. The number of rotatable bonds is 6. The van der Waals surface area contributed by atoms with Crippen molar-refractivity contribution in [1.82, 2.24) is 5.32 Å². The molecule has 0 saturated heterocycles. The first-order chi connectivity index (χ1) is 8.58. The Balaban J connectivity index is 2.82. The van der Waals surface area contributed by atoms with Crippen LogP contribution in [-0.2, 0) is 4.79 Å². The number of hydrogen-bond acceptors (Lipinski definition) is 5. The molecule has 0 heterocycles. The summed E-state index contributed by atoms with van der Waals surface area (Å²) in [7, 11) is 1.82. The lowest BCUT2D eigenvalue weighted by Gasteiger charge is -2.13. The zero-order valence-electron chi connectivity index (χ0n) is 11.2. The van der Waals surface area contributed by atoms with Gasteiger partial charge in [-0.3, -0.25) is 10.1 Å². The number of aryl methyl sites for hydroxylation is 2. The molecule has 0 aliphatic carbocycles. The van der Waals surface area contributed by atoms with Gasteiger partial charge in [-0.2, -0.15) is 11.8 Å². The molecular weight excluding hydrogens is 250 g/mol. The number of benzene rings is 1. The van der Waals surface area contributed by atoms with Crippen molar-refractivity contribution in [2.45, 2.75) is 13.8 Å². The van der Waals surface area contributed by atoms with Crippen LogP contribution in [0.4, 0.5) is 0 Å². The predicted octanol–water partition coefficient (Wildman–Crippen LogP) is 2.13. The molecule has 0 aliphatic heterocycles. The van der Waals surface area contributed by atoms with Gasteiger partial charge in [-0.15, -0.1) is 0 Å². The highest BCUT2D eigenvalue weighted by atomic mass is 32.2. The second-order valence-corrected chi connectivity index (χ2v) is 4.80. The minimum atomic E-state index is -0.228. The van der Waals surface area contributed by atoms with E-state index >= 15 is 0 Å². The average Bonchev–Trinajstić information content (AvgIpc) is 2.32. The van der Waals surface area contributed by atoms with Gasteiger partial charge in [0.15, 0.2) is 0 Å². The number of esters is 1. The van der Waals surface area contributed by atoms with Crippen molar-refractivity contribution in [3.05, 3.63) is 23.3 Å².